The van der Waals surface area contributed by atoms with Crippen molar-refractivity contribution in [2.24, 2.45) is 0 Å². The third-order valence-corrected chi connectivity index (χ3v) is 3.47. The van der Waals surface area contributed by atoms with Crippen molar-refractivity contribution in [3.05, 3.63) is 60.2 Å². The molecule has 0 amide bonds. The van der Waals surface area contributed by atoms with E-state index in [4.69, 9.17) is 0 Å². The number of aromatic nitrogens is 2. The molecule has 0 aliphatic rings. The summed E-state index contributed by atoms with van der Waals surface area (Å²) in [5.74, 6) is 0.779. The van der Waals surface area contributed by atoms with Gasteiger partial charge in [0, 0.05) is 22.8 Å². The Morgan fingerprint density at radius 2 is 1.68 bits per heavy atom. The number of para-hydroxylation sites is 1. The van der Waals surface area contributed by atoms with E-state index < -0.39 is 0 Å². The van der Waals surface area contributed by atoms with Crippen molar-refractivity contribution >= 4 is 22.4 Å². The molecule has 0 aliphatic heterocycles. The third kappa shape index (κ3) is 2.63. The lowest BCUT2D eigenvalue weighted by Gasteiger charge is -2.01. The van der Waals surface area contributed by atoms with Crippen LogP contribution in [0.4, 0.5) is 10.8 Å². The van der Waals surface area contributed by atoms with E-state index >= 15 is 0 Å². The van der Waals surface area contributed by atoms with Gasteiger partial charge in [0.15, 0.2) is 5.82 Å². The smallest absolute Gasteiger partial charge is 0.207 e. The lowest BCUT2D eigenvalue weighted by atomic mass is 10.1. The van der Waals surface area contributed by atoms with Crippen LogP contribution in [0.15, 0.2) is 54.6 Å². The summed E-state index contributed by atoms with van der Waals surface area (Å²) >= 11 is 1.38. The van der Waals surface area contributed by atoms with Gasteiger partial charge in [-0.25, -0.2) is 0 Å². The molecule has 0 spiro atoms. The SMILES string of the molecule is Cc1ccccc1-c1nsc(Nc2ccccc2)n1. The van der Waals surface area contributed by atoms with Crippen LogP contribution in [0.2, 0.25) is 0 Å². The van der Waals surface area contributed by atoms with Gasteiger partial charge < -0.3 is 5.32 Å². The molecule has 19 heavy (non-hydrogen) atoms. The first kappa shape index (κ1) is 11.9. The highest BCUT2D eigenvalue weighted by Crippen LogP contribution is 2.25. The van der Waals surface area contributed by atoms with Crippen LogP contribution in [0, 0.1) is 6.92 Å². The summed E-state index contributed by atoms with van der Waals surface area (Å²) in [6.45, 7) is 2.07. The second-order valence-corrected chi connectivity index (χ2v) is 4.98. The topological polar surface area (TPSA) is 37.8 Å². The van der Waals surface area contributed by atoms with Crippen molar-refractivity contribution in [1.82, 2.24) is 9.36 Å². The van der Waals surface area contributed by atoms with Crippen LogP contribution in [0.25, 0.3) is 11.4 Å². The molecule has 94 valence electrons. The molecule has 0 atom stereocenters. The Labute approximate surface area is 116 Å². The summed E-state index contributed by atoms with van der Waals surface area (Å²) in [5, 5.41) is 4.07. The maximum absolute atomic E-state index is 4.53. The van der Waals surface area contributed by atoms with Crippen LogP contribution in [0.5, 0.6) is 0 Å². The van der Waals surface area contributed by atoms with Crippen LogP contribution >= 0.6 is 11.5 Å². The summed E-state index contributed by atoms with van der Waals surface area (Å²) in [7, 11) is 0. The van der Waals surface area contributed by atoms with E-state index in [-0.39, 0.29) is 0 Å². The molecule has 4 heteroatoms. The van der Waals surface area contributed by atoms with Gasteiger partial charge in [-0.3, -0.25) is 0 Å². The molecule has 3 rings (SSSR count). The average molecular weight is 267 g/mol. The number of nitrogens with zero attached hydrogens (tertiary/aromatic N) is 2. The number of hydrogen-bond acceptors (Lipinski definition) is 4. The Balaban J connectivity index is 1.86. The summed E-state index contributed by atoms with van der Waals surface area (Å²) in [4.78, 5) is 4.53. The zero-order chi connectivity index (χ0) is 13.1. The molecular weight excluding hydrogens is 254 g/mol. The standard InChI is InChI=1S/C15H13N3S/c1-11-7-5-6-10-13(11)14-17-15(19-18-14)16-12-8-3-2-4-9-12/h2-10H,1H3,(H,16,17,18). The second-order valence-electron chi connectivity index (χ2n) is 4.23. The molecule has 0 radical (unpaired) electrons. The van der Waals surface area contributed by atoms with E-state index in [0.717, 1.165) is 22.2 Å². The van der Waals surface area contributed by atoms with Crippen LogP contribution in [-0.2, 0) is 0 Å². The number of hydrogen-bond donors (Lipinski definition) is 1. The van der Waals surface area contributed by atoms with Gasteiger partial charge in [0.1, 0.15) is 0 Å². The van der Waals surface area contributed by atoms with E-state index in [1.54, 1.807) is 0 Å². The zero-order valence-electron chi connectivity index (χ0n) is 10.5. The lowest BCUT2D eigenvalue weighted by Crippen LogP contribution is -1.89. The summed E-state index contributed by atoms with van der Waals surface area (Å²) in [6.07, 6.45) is 0. The largest absolute Gasteiger partial charge is 0.330 e. The first-order valence-corrected chi connectivity index (χ1v) is 6.82. The molecule has 0 saturated carbocycles. The van der Waals surface area contributed by atoms with Crippen LogP contribution < -0.4 is 5.32 Å². The molecule has 0 fully saturated rings. The van der Waals surface area contributed by atoms with E-state index in [2.05, 4.69) is 27.7 Å². The first-order valence-electron chi connectivity index (χ1n) is 6.05. The minimum atomic E-state index is 0.779. The van der Waals surface area contributed by atoms with Gasteiger partial charge in [-0.2, -0.15) is 9.36 Å². The van der Waals surface area contributed by atoms with Crippen LogP contribution in [-0.4, -0.2) is 9.36 Å². The minimum Gasteiger partial charge on any atom is -0.330 e. The van der Waals surface area contributed by atoms with E-state index in [1.807, 2.05) is 48.5 Å². The van der Waals surface area contributed by atoms with Gasteiger partial charge in [-0.15, -0.1) is 0 Å². The summed E-state index contributed by atoms with van der Waals surface area (Å²) < 4.78 is 4.41. The highest BCUT2D eigenvalue weighted by molar-refractivity contribution is 7.09. The minimum absolute atomic E-state index is 0.779. The Morgan fingerprint density at radius 1 is 0.947 bits per heavy atom. The van der Waals surface area contributed by atoms with Crippen molar-refractivity contribution in [2.75, 3.05) is 5.32 Å². The van der Waals surface area contributed by atoms with Gasteiger partial charge in [-0.05, 0) is 24.6 Å². The van der Waals surface area contributed by atoms with Gasteiger partial charge >= 0.3 is 0 Å². The Bertz CT molecular complexity index is 677. The summed E-state index contributed by atoms with van der Waals surface area (Å²) in [5.41, 5.74) is 3.29. The molecule has 0 bridgehead atoms. The van der Waals surface area contributed by atoms with Crippen molar-refractivity contribution in [3.8, 4) is 11.4 Å². The van der Waals surface area contributed by atoms with Crippen molar-refractivity contribution < 1.29 is 0 Å². The average Bonchev–Trinajstić information content (AvgIpc) is 2.89. The maximum Gasteiger partial charge on any atom is 0.207 e. The first-order chi connectivity index (χ1) is 9.33. The van der Waals surface area contributed by atoms with Gasteiger partial charge in [0.2, 0.25) is 5.13 Å². The van der Waals surface area contributed by atoms with Crippen molar-refractivity contribution in [1.29, 1.82) is 0 Å². The normalized spacial score (nSPS) is 10.4. The molecule has 1 heterocycles. The molecule has 0 saturated heterocycles. The molecule has 3 nitrogen and oxygen atoms in total. The third-order valence-electron chi connectivity index (χ3n) is 2.84. The molecule has 0 unspecified atom stereocenters. The monoisotopic (exact) mass is 267 g/mol. The number of aryl methyl sites for hydroxylation is 1. The predicted molar refractivity (Wildman–Crippen MR) is 79.8 cm³/mol. The Morgan fingerprint density at radius 3 is 2.47 bits per heavy atom. The number of rotatable bonds is 3. The van der Waals surface area contributed by atoms with Crippen LogP contribution in [0.1, 0.15) is 5.56 Å². The lowest BCUT2D eigenvalue weighted by molar-refractivity contribution is 1.29. The molecular formula is C15H13N3S. The van der Waals surface area contributed by atoms with Gasteiger partial charge in [0.25, 0.3) is 0 Å². The summed E-state index contributed by atoms with van der Waals surface area (Å²) in [6, 6.07) is 18.1. The molecule has 3 aromatic rings. The fourth-order valence-electron chi connectivity index (χ4n) is 1.85. The number of anilines is 2. The zero-order valence-corrected chi connectivity index (χ0v) is 11.3. The maximum atomic E-state index is 4.53. The molecule has 1 aromatic heterocycles. The van der Waals surface area contributed by atoms with Crippen molar-refractivity contribution in [2.45, 2.75) is 6.92 Å². The fraction of sp³-hybridized carbons (Fsp3) is 0.0667. The predicted octanol–water partition coefficient (Wildman–Crippen LogP) is 4.26. The second kappa shape index (κ2) is 5.20. The highest BCUT2D eigenvalue weighted by Gasteiger charge is 2.08. The molecule has 2 aromatic carbocycles. The highest BCUT2D eigenvalue weighted by atomic mass is 32.1. The molecule has 0 aliphatic carbocycles. The van der Waals surface area contributed by atoms with E-state index in [0.29, 0.717) is 0 Å². The van der Waals surface area contributed by atoms with Crippen LogP contribution in [0.3, 0.4) is 0 Å². The van der Waals surface area contributed by atoms with Crippen molar-refractivity contribution in [3.63, 3.8) is 0 Å². The fourth-order valence-corrected chi connectivity index (χ4v) is 2.46. The van der Waals surface area contributed by atoms with E-state index in [1.165, 1.54) is 17.1 Å². The van der Waals surface area contributed by atoms with Gasteiger partial charge in [-0.1, -0.05) is 42.5 Å². The Kier molecular flexibility index (Phi) is 3.25. The van der Waals surface area contributed by atoms with E-state index in [9.17, 15) is 0 Å². The number of benzene rings is 2. The van der Waals surface area contributed by atoms with Gasteiger partial charge in [0.05, 0.1) is 0 Å². The quantitative estimate of drug-likeness (QED) is 0.770. The Hall–Kier alpha value is -2.20. The molecule has 1 N–H and O–H groups in total. The number of nitrogens with one attached hydrogen (secondary N) is 1.